The summed E-state index contributed by atoms with van der Waals surface area (Å²) < 4.78 is 1.80. The van der Waals surface area contributed by atoms with Gasteiger partial charge in [0.05, 0.1) is 5.69 Å². The average molecular weight is 441 g/mol. The lowest BCUT2D eigenvalue weighted by Crippen LogP contribution is -2.36. The largest absolute Gasteiger partial charge is 0.481 e. The van der Waals surface area contributed by atoms with Crippen LogP contribution < -0.4 is 10.6 Å². The number of carboxylic acids is 1. The number of carboxylic acid groups (broad SMARTS) is 1. The van der Waals surface area contributed by atoms with E-state index in [1.807, 2.05) is 18.2 Å². The molecule has 19 heavy (non-hydrogen) atoms. The predicted molar refractivity (Wildman–Crippen MR) is 85.3 cm³/mol. The maximum atomic E-state index is 11.7. The Morgan fingerprint density at radius 2 is 2.16 bits per heavy atom. The van der Waals surface area contributed by atoms with E-state index >= 15 is 0 Å². The number of anilines is 1. The molecule has 104 valence electrons. The van der Waals surface area contributed by atoms with Gasteiger partial charge in [0.2, 0.25) is 0 Å². The number of hydrogen-bond donors (Lipinski definition) is 3. The Morgan fingerprint density at radius 1 is 1.47 bits per heavy atom. The normalized spacial score (nSPS) is 11.7. The van der Waals surface area contributed by atoms with Crippen LogP contribution in [-0.2, 0) is 4.79 Å². The van der Waals surface area contributed by atoms with Crippen molar-refractivity contribution in [3.05, 3.63) is 26.2 Å². The molecule has 0 bridgehead atoms. The molecule has 0 aliphatic rings. The lowest BCUT2D eigenvalue weighted by atomic mass is 10.2. The molecule has 0 radical (unpaired) electrons. The Morgan fingerprint density at radius 3 is 2.79 bits per heavy atom. The van der Waals surface area contributed by atoms with Crippen molar-refractivity contribution in [1.29, 1.82) is 0 Å². The van der Waals surface area contributed by atoms with Crippen molar-refractivity contribution in [3.63, 3.8) is 0 Å². The van der Waals surface area contributed by atoms with Gasteiger partial charge in [0.25, 0.3) is 0 Å². The number of carbonyl (C=O) groups excluding carboxylic acids is 1. The highest BCUT2D eigenvalue weighted by molar-refractivity contribution is 14.1. The number of nitrogens with one attached hydrogen (secondary N) is 2. The molecule has 1 aromatic rings. The van der Waals surface area contributed by atoms with Gasteiger partial charge < -0.3 is 15.7 Å². The van der Waals surface area contributed by atoms with Crippen molar-refractivity contribution in [2.45, 2.75) is 25.8 Å². The standard InChI is InChI=1S/C12H14BrIN2O3/c1-7(2-5-11(17)18)15-12(19)16-10-6-8(14)3-4-9(10)13/h3-4,6-7H,2,5H2,1H3,(H,17,18)(H2,15,16,19). The number of halogens is 2. The smallest absolute Gasteiger partial charge is 0.319 e. The highest BCUT2D eigenvalue weighted by Gasteiger charge is 2.10. The number of aliphatic carboxylic acids is 1. The Labute approximate surface area is 133 Å². The van der Waals surface area contributed by atoms with Gasteiger partial charge in [-0.2, -0.15) is 0 Å². The van der Waals surface area contributed by atoms with Crippen LogP contribution in [0.3, 0.4) is 0 Å². The number of benzene rings is 1. The van der Waals surface area contributed by atoms with Crippen molar-refractivity contribution in [2.24, 2.45) is 0 Å². The Bertz CT molecular complexity index is 482. The van der Waals surface area contributed by atoms with Crippen LogP contribution in [0.15, 0.2) is 22.7 Å². The molecule has 0 saturated heterocycles. The lowest BCUT2D eigenvalue weighted by Gasteiger charge is -2.14. The molecule has 0 fully saturated rings. The zero-order valence-corrected chi connectivity index (χ0v) is 14.0. The summed E-state index contributed by atoms with van der Waals surface area (Å²) in [6.45, 7) is 1.77. The third kappa shape index (κ3) is 6.24. The molecule has 1 unspecified atom stereocenters. The van der Waals surface area contributed by atoms with Crippen molar-refractivity contribution in [2.75, 3.05) is 5.32 Å². The molecule has 0 aliphatic heterocycles. The van der Waals surface area contributed by atoms with Gasteiger partial charge >= 0.3 is 12.0 Å². The van der Waals surface area contributed by atoms with E-state index < -0.39 is 5.97 Å². The van der Waals surface area contributed by atoms with Crippen molar-refractivity contribution in [1.82, 2.24) is 5.32 Å². The second kappa shape index (κ2) is 7.68. The minimum Gasteiger partial charge on any atom is -0.481 e. The molecule has 2 amide bonds. The van der Waals surface area contributed by atoms with Crippen LogP contribution in [0.4, 0.5) is 10.5 Å². The van der Waals surface area contributed by atoms with E-state index in [2.05, 4.69) is 49.2 Å². The third-order valence-electron chi connectivity index (χ3n) is 2.35. The molecule has 0 aromatic heterocycles. The minimum absolute atomic E-state index is 0.0361. The van der Waals surface area contributed by atoms with Gasteiger partial charge in [-0.1, -0.05) is 0 Å². The highest BCUT2D eigenvalue weighted by Crippen LogP contribution is 2.24. The average Bonchev–Trinajstić information content (AvgIpc) is 2.31. The Balaban J connectivity index is 2.50. The maximum Gasteiger partial charge on any atom is 0.319 e. The van der Waals surface area contributed by atoms with Crippen LogP contribution in [0.5, 0.6) is 0 Å². The Hall–Kier alpha value is -0.830. The fraction of sp³-hybridized carbons (Fsp3) is 0.333. The second-order valence-corrected chi connectivity index (χ2v) is 6.16. The molecule has 7 heteroatoms. The molecular formula is C12H14BrIN2O3. The zero-order valence-electron chi connectivity index (χ0n) is 10.2. The van der Waals surface area contributed by atoms with Gasteiger partial charge in [0.1, 0.15) is 0 Å². The summed E-state index contributed by atoms with van der Waals surface area (Å²) in [5, 5.41) is 14.0. The van der Waals surface area contributed by atoms with Crippen LogP contribution in [0.1, 0.15) is 19.8 Å². The first kappa shape index (κ1) is 16.2. The van der Waals surface area contributed by atoms with Crippen molar-refractivity contribution >= 4 is 56.2 Å². The number of hydrogen-bond acceptors (Lipinski definition) is 2. The first-order valence-corrected chi connectivity index (χ1v) is 7.50. The monoisotopic (exact) mass is 440 g/mol. The molecule has 0 spiro atoms. The summed E-state index contributed by atoms with van der Waals surface area (Å²) in [6, 6.07) is 5.07. The SMILES string of the molecule is CC(CCC(=O)O)NC(=O)Nc1cc(I)ccc1Br. The first-order chi connectivity index (χ1) is 8.88. The fourth-order valence-electron chi connectivity index (χ4n) is 1.39. The van der Waals surface area contributed by atoms with E-state index in [0.29, 0.717) is 12.1 Å². The molecule has 0 saturated carbocycles. The van der Waals surface area contributed by atoms with Crippen molar-refractivity contribution < 1.29 is 14.7 Å². The number of carbonyl (C=O) groups is 2. The zero-order chi connectivity index (χ0) is 14.4. The highest BCUT2D eigenvalue weighted by atomic mass is 127. The van der Waals surface area contributed by atoms with Gasteiger partial charge in [0, 0.05) is 20.5 Å². The number of urea groups is 1. The van der Waals surface area contributed by atoms with Gasteiger partial charge in [-0.25, -0.2) is 4.79 Å². The first-order valence-electron chi connectivity index (χ1n) is 5.63. The van der Waals surface area contributed by atoms with Crippen LogP contribution in [0.2, 0.25) is 0 Å². The van der Waals surface area contributed by atoms with E-state index in [1.165, 1.54) is 0 Å². The number of amides is 2. The van der Waals surface area contributed by atoms with Gasteiger partial charge in [-0.05, 0) is 70.1 Å². The molecular weight excluding hydrogens is 427 g/mol. The van der Waals surface area contributed by atoms with Gasteiger partial charge in [-0.15, -0.1) is 0 Å². The molecule has 1 rings (SSSR count). The van der Waals surface area contributed by atoms with Crippen LogP contribution in [-0.4, -0.2) is 23.1 Å². The van der Waals surface area contributed by atoms with Crippen LogP contribution >= 0.6 is 38.5 Å². The lowest BCUT2D eigenvalue weighted by molar-refractivity contribution is -0.137. The van der Waals surface area contributed by atoms with E-state index in [9.17, 15) is 9.59 Å². The number of rotatable bonds is 5. The summed E-state index contributed by atoms with van der Waals surface area (Å²) in [4.78, 5) is 22.2. The summed E-state index contributed by atoms with van der Waals surface area (Å²) in [6.07, 6.45) is 0.435. The second-order valence-electron chi connectivity index (χ2n) is 4.06. The topological polar surface area (TPSA) is 78.4 Å². The molecule has 5 nitrogen and oxygen atoms in total. The molecule has 3 N–H and O–H groups in total. The Kier molecular flexibility index (Phi) is 6.56. The quantitative estimate of drug-likeness (QED) is 0.614. The van der Waals surface area contributed by atoms with Crippen molar-refractivity contribution in [3.8, 4) is 0 Å². The van der Waals surface area contributed by atoms with E-state index in [-0.39, 0.29) is 18.5 Å². The van der Waals surface area contributed by atoms with Crippen LogP contribution in [0.25, 0.3) is 0 Å². The minimum atomic E-state index is -0.866. The van der Waals surface area contributed by atoms with Gasteiger partial charge in [0.15, 0.2) is 0 Å². The van der Waals surface area contributed by atoms with E-state index in [0.717, 1.165) is 8.04 Å². The molecule has 0 aliphatic carbocycles. The summed E-state index contributed by atoms with van der Waals surface area (Å²) >= 11 is 5.51. The molecule has 1 atom stereocenters. The van der Waals surface area contributed by atoms with Gasteiger partial charge in [-0.3, -0.25) is 4.79 Å². The summed E-state index contributed by atoms with van der Waals surface area (Å²) in [7, 11) is 0. The van der Waals surface area contributed by atoms with E-state index in [1.54, 1.807) is 6.92 Å². The summed E-state index contributed by atoms with van der Waals surface area (Å²) in [5.41, 5.74) is 0.676. The molecule has 1 aromatic carbocycles. The molecule has 0 heterocycles. The maximum absolute atomic E-state index is 11.7. The fourth-order valence-corrected chi connectivity index (χ4v) is 2.22. The third-order valence-corrected chi connectivity index (χ3v) is 3.71. The van der Waals surface area contributed by atoms with Crippen LogP contribution in [0, 0.1) is 3.57 Å². The summed E-state index contributed by atoms with van der Waals surface area (Å²) in [5.74, 6) is -0.866. The van der Waals surface area contributed by atoms with E-state index in [4.69, 9.17) is 5.11 Å². The predicted octanol–water partition coefficient (Wildman–Crippen LogP) is 3.43.